The molecule has 0 aliphatic carbocycles. The lowest BCUT2D eigenvalue weighted by Gasteiger charge is -2.21. The van der Waals surface area contributed by atoms with Gasteiger partial charge >= 0.3 is 0 Å². The third-order valence-corrected chi connectivity index (χ3v) is 3.14. The van der Waals surface area contributed by atoms with Crippen LogP contribution in [0, 0.1) is 0 Å². The molecule has 2 N–H and O–H groups in total. The number of benzene rings is 1. The summed E-state index contributed by atoms with van der Waals surface area (Å²) in [5.41, 5.74) is 0.645. The second-order valence-electron chi connectivity index (χ2n) is 3.96. The van der Waals surface area contributed by atoms with E-state index in [1.54, 1.807) is 0 Å². The third kappa shape index (κ3) is 2.35. The summed E-state index contributed by atoms with van der Waals surface area (Å²) in [5, 5.41) is 13.3. The lowest BCUT2D eigenvalue weighted by Crippen LogP contribution is -2.33. The van der Waals surface area contributed by atoms with Crippen molar-refractivity contribution in [1.82, 2.24) is 5.32 Å². The Morgan fingerprint density at radius 2 is 2.36 bits per heavy atom. The molecule has 14 heavy (non-hydrogen) atoms. The summed E-state index contributed by atoms with van der Waals surface area (Å²) in [4.78, 5) is 0. The first-order valence-corrected chi connectivity index (χ1v) is 5.65. The van der Waals surface area contributed by atoms with Crippen molar-refractivity contribution in [3.05, 3.63) is 34.3 Å². The van der Waals surface area contributed by atoms with E-state index in [1.165, 1.54) is 5.56 Å². The van der Waals surface area contributed by atoms with Crippen molar-refractivity contribution < 1.29 is 5.11 Å². The van der Waals surface area contributed by atoms with Crippen LogP contribution in [0.3, 0.4) is 0 Å². The molecule has 0 saturated carbocycles. The number of halogens is 1. The van der Waals surface area contributed by atoms with Crippen LogP contribution >= 0.6 is 15.9 Å². The molecule has 3 heteroatoms. The van der Waals surface area contributed by atoms with Gasteiger partial charge in [0.1, 0.15) is 0 Å². The van der Waals surface area contributed by atoms with E-state index in [0.717, 1.165) is 23.9 Å². The van der Waals surface area contributed by atoms with Crippen LogP contribution in [-0.4, -0.2) is 23.8 Å². The third-order valence-electron chi connectivity index (χ3n) is 2.64. The normalized spacial score (nSPS) is 26.7. The van der Waals surface area contributed by atoms with Crippen molar-refractivity contribution >= 4 is 15.9 Å². The number of rotatable bonds is 2. The van der Waals surface area contributed by atoms with Crippen LogP contribution in [-0.2, 0) is 6.42 Å². The van der Waals surface area contributed by atoms with Crippen molar-refractivity contribution in [1.29, 1.82) is 0 Å². The average molecular weight is 256 g/mol. The Morgan fingerprint density at radius 1 is 1.50 bits per heavy atom. The first-order chi connectivity index (χ1) is 6.68. The monoisotopic (exact) mass is 255 g/mol. The molecule has 2 rings (SSSR count). The molecule has 2 nitrogen and oxygen atoms in total. The zero-order valence-electron chi connectivity index (χ0n) is 7.96. The van der Waals surface area contributed by atoms with Crippen LogP contribution in [0.4, 0.5) is 0 Å². The van der Waals surface area contributed by atoms with Gasteiger partial charge in [-0.1, -0.05) is 28.1 Å². The zero-order valence-corrected chi connectivity index (χ0v) is 9.55. The highest BCUT2D eigenvalue weighted by Gasteiger charge is 2.30. The maximum absolute atomic E-state index is 10.2. The fourth-order valence-corrected chi connectivity index (χ4v) is 2.35. The molecule has 1 saturated heterocycles. The minimum absolute atomic E-state index is 0.541. The van der Waals surface area contributed by atoms with E-state index in [0.29, 0.717) is 6.54 Å². The van der Waals surface area contributed by atoms with Gasteiger partial charge < -0.3 is 10.4 Å². The predicted molar refractivity (Wildman–Crippen MR) is 60.3 cm³/mol. The van der Waals surface area contributed by atoms with Gasteiger partial charge in [0, 0.05) is 17.4 Å². The van der Waals surface area contributed by atoms with Crippen molar-refractivity contribution in [3.8, 4) is 0 Å². The van der Waals surface area contributed by atoms with Crippen LogP contribution in [0.1, 0.15) is 12.0 Å². The summed E-state index contributed by atoms with van der Waals surface area (Å²) in [5.74, 6) is 0. The first-order valence-electron chi connectivity index (χ1n) is 4.86. The lowest BCUT2D eigenvalue weighted by molar-refractivity contribution is 0.0619. The predicted octanol–water partition coefficient (Wildman–Crippen LogP) is 1.72. The molecule has 76 valence electrons. The summed E-state index contributed by atoms with van der Waals surface area (Å²) in [6.07, 6.45) is 1.58. The summed E-state index contributed by atoms with van der Waals surface area (Å²) >= 11 is 3.43. The van der Waals surface area contributed by atoms with Crippen molar-refractivity contribution in [3.63, 3.8) is 0 Å². The number of aliphatic hydroxyl groups is 1. The van der Waals surface area contributed by atoms with Gasteiger partial charge in [-0.25, -0.2) is 0 Å². The minimum Gasteiger partial charge on any atom is -0.388 e. The molecule has 1 aromatic carbocycles. The average Bonchev–Trinajstić information content (AvgIpc) is 2.51. The van der Waals surface area contributed by atoms with Gasteiger partial charge in [0.2, 0.25) is 0 Å². The molecule has 1 aliphatic heterocycles. The fourth-order valence-electron chi connectivity index (χ4n) is 1.91. The van der Waals surface area contributed by atoms with E-state index in [2.05, 4.69) is 33.4 Å². The minimum atomic E-state index is -0.541. The Balaban J connectivity index is 2.10. The smallest absolute Gasteiger partial charge is 0.0823 e. The molecule has 1 unspecified atom stereocenters. The second-order valence-corrected chi connectivity index (χ2v) is 4.87. The lowest BCUT2D eigenvalue weighted by atomic mass is 9.94. The Hall–Kier alpha value is -0.380. The van der Waals surface area contributed by atoms with Gasteiger partial charge in [-0.3, -0.25) is 0 Å². The molecule has 0 spiro atoms. The molecular weight excluding hydrogens is 242 g/mol. The van der Waals surface area contributed by atoms with Crippen molar-refractivity contribution in [2.24, 2.45) is 0 Å². The van der Waals surface area contributed by atoms with Gasteiger partial charge in [0.25, 0.3) is 0 Å². The Labute approximate surface area is 92.5 Å². The Bertz CT molecular complexity index is 321. The fraction of sp³-hybridized carbons (Fsp3) is 0.455. The molecule has 1 aliphatic rings. The Morgan fingerprint density at radius 3 is 3.00 bits per heavy atom. The SMILES string of the molecule is OC1(Cc2cccc(Br)c2)CCNC1. The topological polar surface area (TPSA) is 32.3 Å². The van der Waals surface area contributed by atoms with Gasteiger partial charge in [0.05, 0.1) is 5.60 Å². The largest absolute Gasteiger partial charge is 0.388 e. The van der Waals surface area contributed by atoms with Gasteiger partial charge in [-0.2, -0.15) is 0 Å². The van der Waals surface area contributed by atoms with Crippen LogP contribution in [0.5, 0.6) is 0 Å². The maximum Gasteiger partial charge on any atom is 0.0823 e. The molecule has 1 heterocycles. The van der Waals surface area contributed by atoms with E-state index in [1.807, 2.05) is 12.1 Å². The summed E-state index contributed by atoms with van der Waals surface area (Å²) < 4.78 is 1.07. The molecule has 0 radical (unpaired) electrons. The highest BCUT2D eigenvalue weighted by Crippen LogP contribution is 2.22. The van der Waals surface area contributed by atoms with Crippen LogP contribution < -0.4 is 5.32 Å². The number of hydrogen-bond acceptors (Lipinski definition) is 2. The molecule has 1 atom stereocenters. The molecule has 1 aromatic rings. The van der Waals surface area contributed by atoms with E-state index in [-0.39, 0.29) is 0 Å². The van der Waals surface area contributed by atoms with Crippen molar-refractivity contribution in [2.45, 2.75) is 18.4 Å². The van der Waals surface area contributed by atoms with Crippen LogP contribution in [0.25, 0.3) is 0 Å². The second kappa shape index (κ2) is 4.01. The summed E-state index contributed by atoms with van der Waals surface area (Å²) in [6.45, 7) is 1.63. The van der Waals surface area contributed by atoms with E-state index >= 15 is 0 Å². The highest BCUT2D eigenvalue weighted by molar-refractivity contribution is 9.10. The summed E-state index contributed by atoms with van der Waals surface area (Å²) in [6, 6.07) is 8.13. The highest BCUT2D eigenvalue weighted by atomic mass is 79.9. The van der Waals surface area contributed by atoms with Crippen molar-refractivity contribution in [2.75, 3.05) is 13.1 Å². The van der Waals surface area contributed by atoms with Gasteiger partial charge in [0.15, 0.2) is 0 Å². The maximum atomic E-state index is 10.2. The standard InChI is InChI=1S/C11H14BrNO/c12-10-3-1-2-9(6-10)7-11(14)4-5-13-8-11/h1-3,6,13-14H,4-5,7-8H2. The zero-order chi connectivity index (χ0) is 10.0. The molecular formula is C11H14BrNO. The van der Waals surface area contributed by atoms with E-state index in [4.69, 9.17) is 0 Å². The molecule has 0 bridgehead atoms. The Kier molecular flexibility index (Phi) is 2.91. The van der Waals surface area contributed by atoms with Crippen LogP contribution in [0.2, 0.25) is 0 Å². The van der Waals surface area contributed by atoms with Crippen LogP contribution in [0.15, 0.2) is 28.7 Å². The molecule has 0 amide bonds. The number of nitrogens with one attached hydrogen (secondary N) is 1. The van der Waals surface area contributed by atoms with E-state index in [9.17, 15) is 5.11 Å². The van der Waals surface area contributed by atoms with Gasteiger partial charge in [-0.15, -0.1) is 0 Å². The quantitative estimate of drug-likeness (QED) is 0.844. The van der Waals surface area contributed by atoms with Gasteiger partial charge in [-0.05, 0) is 30.7 Å². The number of β-amino-alcohol motifs (C(OH)–C–C–N with tert-alkyl or cyclic N) is 1. The molecule has 1 fully saturated rings. The van der Waals surface area contributed by atoms with E-state index < -0.39 is 5.60 Å². The number of hydrogen-bond donors (Lipinski definition) is 2. The summed E-state index contributed by atoms with van der Waals surface area (Å²) in [7, 11) is 0. The first kappa shape index (κ1) is 10.1. The molecule has 0 aromatic heterocycles.